The van der Waals surface area contributed by atoms with Gasteiger partial charge in [-0.3, -0.25) is 4.68 Å². The molecular formula is C7H12N3Y-. The van der Waals surface area contributed by atoms with Crippen molar-refractivity contribution in [2.24, 2.45) is 0 Å². The van der Waals surface area contributed by atoms with E-state index in [0.717, 1.165) is 5.69 Å². The van der Waals surface area contributed by atoms with E-state index in [2.05, 4.69) is 37.3 Å². The van der Waals surface area contributed by atoms with Crippen molar-refractivity contribution < 1.29 is 32.7 Å². The molecule has 1 aromatic heterocycles. The summed E-state index contributed by atoms with van der Waals surface area (Å²) in [6.45, 7) is 8.21. The molecule has 0 aromatic carbocycles. The average Bonchev–Trinajstić information content (AvgIpc) is 2.11. The Hall–Kier alpha value is 0.244. The first-order valence-corrected chi connectivity index (χ1v) is 3.32. The summed E-state index contributed by atoms with van der Waals surface area (Å²) in [5, 5.41) is 7.57. The molecule has 0 saturated heterocycles. The number of rotatable bonds is 0. The van der Waals surface area contributed by atoms with Crippen molar-refractivity contribution in [3.63, 3.8) is 0 Å². The van der Waals surface area contributed by atoms with Crippen molar-refractivity contribution in [3.8, 4) is 0 Å². The van der Waals surface area contributed by atoms with E-state index >= 15 is 0 Å². The van der Waals surface area contributed by atoms with Crippen LogP contribution in [-0.4, -0.2) is 15.0 Å². The fraction of sp³-hybridized carbons (Fsp3) is 0.714. The predicted octanol–water partition coefficient (Wildman–Crippen LogP) is 1.14. The second-order valence-corrected chi connectivity index (χ2v) is 3.37. The average molecular weight is 227 g/mol. The van der Waals surface area contributed by atoms with Gasteiger partial charge >= 0.3 is 0 Å². The second kappa shape index (κ2) is 3.77. The van der Waals surface area contributed by atoms with E-state index in [1.807, 2.05) is 11.6 Å². The number of aryl methyl sites for hydroxylation is 1. The van der Waals surface area contributed by atoms with Crippen LogP contribution in [0.1, 0.15) is 26.5 Å². The minimum absolute atomic E-state index is 0. The molecule has 0 aliphatic rings. The van der Waals surface area contributed by atoms with Crippen molar-refractivity contribution in [1.82, 2.24) is 15.0 Å². The summed E-state index contributed by atoms with van der Waals surface area (Å²) in [5.41, 5.74) is 1.00. The van der Waals surface area contributed by atoms with Gasteiger partial charge in [-0.1, -0.05) is 6.92 Å². The third-order valence-electron chi connectivity index (χ3n) is 1.30. The Labute approximate surface area is 92.4 Å². The number of nitrogens with zero attached hydrogens (tertiary/aromatic N) is 3. The molecule has 59 valence electrons. The van der Waals surface area contributed by atoms with Gasteiger partial charge in [0.2, 0.25) is 0 Å². The quantitative estimate of drug-likeness (QED) is 0.622. The predicted molar refractivity (Wildman–Crippen MR) is 38.6 cm³/mol. The van der Waals surface area contributed by atoms with Crippen molar-refractivity contribution in [2.45, 2.75) is 33.2 Å². The van der Waals surface area contributed by atoms with Crippen molar-refractivity contribution in [3.05, 3.63) is 11.9 Å². The topological polar surface area (TPSA) is 30.7 Å². The van der Waals surface area contributed by atoms with Gasteiger partial charge in [-0.25, -0.2) is 0 Å². The van der Waals surface area contributed by atoms with Crippen molar-refractivity contribution in [1.29, 1.82) is 0 Å². The maximum absolute atomic E-state index is 3.90. The van der Waals surface area contributed by atoms with Crippen LogP contribution in [0, 0.1) is 13.1 Å². The van der Waals surface area contributed by atoms with E-state index in [-0.39, 0.29) is 38.2 Å². The molecule has 0 N–H and O–H groups in total. The van der Waals surface area contributed by atoms with E-state index in [0.29, 0.717) is 0 Å². The van der Waals surface area contributed by atoms with E-state index in [9.17, 15) is 0 Å². The number of hydrogen-bond acceptors (Lipinski definition) is 2. The van der Waals surface area contributed by atoms with E-state index < -0.39 is 0 Å². The maximum Gasteiger partial charge on any atom is 0.0529 e. The zero-order valence-electron chi connectivity index (χ0n) is 7.42. The van der Waals surface area contributed by atoms with E-state index in [1.165, 1.54) is 0 Å². The normalized spacial score (nSPS) is 10.9. The zero-order chi connectivity index (χ0) is 7.78. The van der Waals surface area contributed by atoms with Gasteiger partial charge < -0.3 is 11.3 Å². The molecule has 0 aliphatic carbocycles. The number of hydrogen-bond donors (Lipinski definition) is 0. The molecule has 0 fully saturated rings. The van der Waals surface area contributed by atoms with Crippen LogP contribution in [0.4, 0.5) is 0 Å². The summed E-state index contributed by atoms with van der Waals surface area (Å²) in [6, 6.07) is 0. The second-order valence-electron chi connectivity index (χ2n) is 3.37. The molecule has 1 rings (SSSR count). The minimum atomic E-state index is 0. The summed E-state index contributed by atoms with van der Waals surface area (Å²) >= 11 is 0. The Morgan fingerprint density at radius 3 is 2.09 bits per heavy atom. The molecular weight excluding hydrogens is 215 g/mol. The van der Waals surface area contributed by atoms with Crippen LogP contribution in [0.2, 0.25) is 0 Å². The molecule has 1 aromatic rings. The van der Waals surface area contributed by atoms with Gasteiger partial charge in [-0.05, 0) is 20.8 Å². The first-order valence-electron chi connectivity index (χ1n) is 3.32. The summed E-state index contributed by atoms with van der Waals surface area (Å²) in [7, 11) is 0. The summed E-state index contributed by atoms with van der Waals surface area (Å²) in [5.74, 6) is 0. The van der Waals surface area contributed by atoms with Gasteiger partial charge in [-0.2, -0.15) is 0 Å². The van der Waals surface area contributed by atoms with Crippen LogP contribution in [0.25, 0.3) is 0 Å². The number of aromatic nitrogens is 3. The first-order chi connectivity index (χ1) is 4.52. The molecule has 0 amide bonds. The Balaban J connectivity index is 0.000001000. The molecule has 0 aliphatic heterocycles. The monoisotopic (exact) mass is 227 g/mol. The van der Waals surface area contributed by atoms with Crippen LogP contribution in [-0.2, 0) is 38.2 Å². The smallest absolute Gasteiger partial charge is 0.0529 e. The van der Waals surface area contributed by atoms with Gasteiger partial charge in [0.15, 0.2) is 0 Å². The van der Waals surface area contributed by atoms with Crippen LogP contribution in [0.3, 0.4) is 0 Å². The molecule has 3 nitrogen and oxygen atoms in total. The minimum Gasteiger partial charge on any atom is -0.351 e. The maximum atomic E-state index is 3.90. The third kappa shape index (κ3) is 2.64. The van der Waals surface area contributed by atoms with Crippen LogP contribution in [0.5, 0.6) is 0 Å². The molecule has 0 unspecified atom stereocenters. The van der Waals surface area contributed by atoms with Crippen LogP contribution >= 0.6 is 0 Å². The van der Waals surface area contributed by atoms with Crippen LogP contribution in [0.15, 0.2) is 0 Å². The molecule has 0 spiro atoms. The standard InChI is InChI=1S/C7H12N3.Y/c1-6-5-8-9-10(6)7(2,3)4;/h1-4H3;/q-1;. The van der Waals surface area contributed by atoms with E-state index in [4.69, 9.17) is 0 Å². The molecule has 0 saturated carbocycles. The van der Waals surface area contributed by atoms with Gasteiger partial charge in [0, 0.05) is 32.7 Å². The summed E-state index contributed by atoms with van der Waals surface area (Å²) < 4.78 is 1.85. The molecule has 4 heteroatoms. The third-order valence-corrected chi connectivity index (χ3v) is 1.30. The van der Waals surface area contributed by atoms with Gasteiger partial charge in [-0.15, -0.1) is 10.9 Å². The van der Waals surface area contributed by atoms with Crippen molar-refractivity contribution in [2.75, 3.05) is 0 Å². The Kier molecular flexibility index (Phi) is 3.85. The fourth-order valence-electron chi connectivity index (χ4n) is 0.891. The largest absolute Gasteiger partial charge is 0.351 e. The Morgan fingerprint density at radius 2 is 1.91 bits per heavy atom. The Morgan fingerprint density at radius 1 is 1.36 bits per heavy atom. The molecule has 0 bridgehead atoms. The molecule has 11 heavy (non-hydrogen) atoms. The Bertz CT molecular complexity index is 224. The molecule has 0 atom stereocenters. The van der Waals surface area contributed by atoms with E-state index in [1.54, 1.807) is 0 Å². The summed E-state index contributed by atoms with van der Waals surface area (Å²) in [6.07, 6.45) is 2.78. The fourth-order valence-corrected chi connectivity index (χ4v) is 0.891. The van der Waals surface area contributed by atoms with Gasteiger partial charge in [0.25, 0.3) is 0 Å². The molecule has 1 heterocycles. The van der Waals surface area contributed by atoms with Crippen molar-refractivity contribution >= 4 is 0 Å². The first kappa shape index (κ1) is 11.2. The SMILES string of the molecule is Cc1[c-]nnn1C(C)(C)C.[Y]. The van der Waals surface area contributed by atoms with Gasteiger partial charge in [0.05, 0.1) is 5.54 Å². The van der Waals surface area contributed by atoms with Gasteiger partial charge in [0.1, 0.15) is 0 Å². The summed E-state index contributed by atoms with van der Waals surface area (Å²) in [4.78, 5) is 0. The van der Waals surface area contributed by atoms with Crippen LogP contribution < -0.4 is 0 Å². The molecule has 1 radical (unpaired) electrons. The zero-order valence-corrected chi connectivity index (χ0v) is 10.3.